The zero-order chi connectivity index (χ0) is 13.5. The van der Waals surface area contributed by atoms with Crippen LogP contribution in [0.2, 0.25) is 0 Å². The molecule has 100 valence electrons. The van der Waals surface area contributed by atoms with Crippen LogP contribution < -0.4 is 0 Å². The molecule has 0 aromatic heterocycles. The van der Waals surface area contributed by atoms with Crippen molar-refractivity contribution in [1.82, 2.24) is 0 Å². The highest BCUT2D eigenvalue weighted by atomic mass is 16.6. The number of esters is 2. The maximum absolute atomic E-state index is 11.7. The lowest BCUT2D eigenvalue weighted by molar-refractivity contribution is -0.182. The lowest BCUT2D eigenvalue weighted by atomic mass is 9.83. The number of carbonyl (C=O) groups is 2. The second kappa shape index (κ2) is 7.27. The van der Waals surface area contributed by atoms with Crippen LogP contribution in [0.3, 0.4) is 0 Å². The van der Waals surface area contributed by atoms with E-state index >= 15 is 0 Å². The van der Waals surface area contributed by atoms with E-state index in [1.807, 2.05) is 0 Å². The first-order valence-electron chi connectivity index (χ1n) is 6.04. The highest BCUT2D eigenvalue weighted by Gasteiger charge is 2.47. The molecule has 0 aromatic rings. The van der Waals surface area contributed by atoms with Gasteiger partial charge in [-0.25, -0.2) is 4.79 Å². The number of aliphatic hydroxyl groups is 1. The molecule has 2 atom stereocenters. The summed E-state index contributed by atoms with van der Waals surface area (Å²) in [5.41, 5.74) is -1.79. The molecule has 2 unspecified atom stereocenters. The van der Waals surface area contributed by atoms with Crippen LogP contribution in [0.25, 0.3) is 0 Å². The van der Waals surface area contributed by atoms with Gasteiger partial charge in [0.2, 0.25) is 0 Å². The average molecular weight is 246 g/mol. The molecule has 0 radical (unpaired) electrons. The Bertz CT molecular complexity index is 264. The van der Waals surface area contributed by atoms with Crippen molar-refractivity contribution in [3.05, 3.63) is 0 Å². The van der Waals surface area contributed by atoms with Gasteiger partial charge in [0.25, 0.3) is 0 Å². The van der Waals surface area contributed by atoms with Gasteiger partial charge < -0.3 is 14.6 Å². The molecule has 5 nitrogen and oxygen atoms in total. The highest BCUT2D eigenvalue weighted by molar-refractivity contribution is 5.87. The minimum atomic E-state index is -1.79. The predicted octanol–water partition coefficient (Wildman–Crippen LogP) is 1.28. The number of hydrogen-bond donors (Lipinski definition) is 1. The lowest BCUT2D eigenvalue weighted by Crippen LogP contribution is -2.50. The molecule has 0 saturated carbocycles. The molecule has 0 aliphatic heterocycles. The van der Waals surface area contributed by atoms with Gasteiger partial charge in [-0.1, -0.05) is 13.8 Å². The SMILES string of the molecule is CCOC(=O)C(CC)C(O)(CC)C(=O)OCC. The fourth-order valence-corrected chi connectivity index (χ4v) is 1.73. The van der Waals surface area contributed by atoms with Gasteiger partial charge in [0.15, 0.2) is 5.60 Å². The Morgan fingerprint density at radius 1 is 1.12 bits per heavy atom. The zero-order valence-corrected chi connectivity index (χ0v) is 11.0. The third-order valence-electron chi connectivity index (χ3n) is 2.72. The van der Waals surface area contributed by atoms with Crippen molar-refractivity contribution in [2.24, 2.45) is 5.92 Å². The second-order valence-corrected chi connectivity index (χ2v) is 3.71. The molecule has 0 amide bonds. The van der Waals surface area contributed by atoms with Crippen molar-refractivity contribution in [2.75, 3.05) is 13.2 Å². The topological polar surface area (TPSA) is 72.8 Å². The van der Waals surface area contributed by atoms with Crippen molar-refractivity contribution in [3.8, 4) is 0 Å². The molecule has 0 spiro atoms. The second-order valence-electron chi connectivity index (χ2n) is 3.71. The first-order chi connectivity index (χ1) is 7.97. The Balaban J connectivity index is 5.01. The molecule has 0 saturated heterocycles. The number of ether oxygens (including phenoxy) is 2. The molecular formula is C12H22O5. The van der Waals surface area contributed by atoms with E-state index in [4.69, 9.17) is 9.47 Å². The summed E-state index contributed by atoms with van der Waals surface area (Å²) >= 11 is 0. The van der Waals surface area contributed by atoms with Crippen LogP contribution in [0.1, 0.15) is 40.5 Å². The predicted molar refractivity (Wildman–Crippen MR) is 62.3 cm³/mol. The van der Waals surface area contributed by atoms with E-state index in [0.717, 1.165) is 0 Å². The molecule has 0 rings (SSSR count). The van der Waals surface area contributed by atoms with Crippen molar-refractivity contribution < 1.29 is 24.2 Å². The monoisotopic (exact) mass is 246 g/mol. The lowest BCUT2D eigenvalue weighted by Gasteiger charge is -2.30. The van der Waals surface area contributed by atoms with E-state index in [2.05, 4.69) is 0 Å². The number of rotatable bonds is 7. The molecule has 17 heavy (non-hydrogen) atoms. The van der Waals surface area contributed by atoms with Crippen molar-refractivity contribution in [2.45, 2.75) is 46.1 Å². The van der Waals surface area contributed by atoms with Crippen LogP contribution >= 0.6 is 0 Å². The summed E-state index contributed by atoms with van der Waals surface area (Å²) in [5.74, 6) is -2.21. The molecule has 0 aliphatic rings. The van der Waals surface area contributed by atoms with Crippen molar-refractivity contribution in [3.63, 3.8) is 0 Å². The molecule has 0 heterocycles. The van der Waals surface area contributed by atoms with Crippen LogP contribution in [0.5, 0.6) is 0 Å². The summed E-state index contributed by atoms with van der Waals surface area (Å²) in [6.07, 6.45) is 0.436. The summed E-state index contributed by atoms with van der Waals surface area (Å²) < 4.78 is 9.68. The fourth-order valence-electron chi connectivity index (χ4n) is 1.73. The van der Waals surface area contributed by atoms with E-state index in [1.165, 1.54) is 0 Å². The maximum Gasteiger partial charge on any atom is 0.339 e. The third-order valence-corrected chi connectivity index (χ3v) is 2.72. The van der Waals surface area contributed by atoms with Crippen LogP contribution in [0.4, 0.5) is 0 Å². The Morgan fingerprint density at radius 2 is 1.65 bits per heavy atom. The maximum atomic E-state index is 11.7. The Labute approximate surface area is 102 Å². The average Bonchev–Trinajstić information content (AvgIpc) is 2.30. The molecule has 1 N–H and O–H groups in total. The first-order valence-corrected chi connectivity index (χ1v) is 6.04. The molecule has 0 bridgehead atoms. The van der Waals surface area contributed by atoms with Gasteiger partial charge in [-0.05, 0) is 26.7 Å². The van der Waals surface area contributed by atoms with Crippen LogP contribution in [0, 0.1) is 5.92 Å². The van der Waals surface area contributed by atoms with Gasteiger partial charge in [0, 0.05) is 0 Å². The highest BCUT2D eigenvalue weighted by Crippen LogP contribution is 2.27. The molecular weight excluding hydrogens is 224 g/mol. The van der Waals surface area contributed by atoms with Gasteiger partial charge in [0.05, 0.1) is 19.1 Å². The zero-order valence-electron chi connectivity index (χ0n) is 11.0. The van der Waals surface area contributed by atoms with E-state index in [0.29, 0.717) is 6.42 Å². The Hall–Kier alpha value is -1.10. The first kappa shape index (κ1) is 15.9. The van der Waals surface area contributed by atoms with Crippen molar-refractivity contribution in [1.29, 1.82) is 0 Å². The minimum absolute atomic E-state index is 0.114. The van der Waals surface area contributed by atoms with Gasteiger partial charge in [-0.15, -0.1) is 0 Å². The van der Waals surface area contributed by atoms with Crippen LogP contribution in [-0.4, -0.2) is 35.9 Å². The largest absolute Gasteiger partial charge is 0.466 e. The third kappa shape index (κ3) is 3.70. The molecule has 5 heteroatoms. The summed E-state index contributed by atoms with van der Waals surface area (Å²) in [6.45, 7) is 7.08. The number of hydrogen-bond acceptors (Lipinski definition) is 5. The standard InChI is InChI=1S/C12H22O5/c1-5-9(10(13)16-7-3)12(15,6-2)11(14)17-8-4/h9,15H,5-8H2,1-4H3. The summed E-state index contributed by atoms with van der Waals surface area (Å²) in [4.78, 5) is 23.4. The van der Waals surface area contributed by atoms with Crippen LogP contribution in [-0.2, 0) is 19.1 Å². The van der Waals surface area contributed by atoms with Gasteiger partial charge in [-0.3, -0.25) is 4.79 Å². The Morgan fingerprint density at radius 3 is 2.00 bits per heavy atom. The quantitative estimate of drug-likeness (QED) is 0.685. The van der Waals surface area contributed by atoms with E-state index in [1.54, 1.807) is 27.7 Å². The van der Waals surface area contributed by atoms with E-state index < -0.39 is 23.5 Å². The smallest absolute Gasteiger partial charge is 0.339 e. The van der Waals surface area contributed by atoms with Gasteiger partial charge >= 0.3 is 11.9 Å². The Kier molecular flexibility index (Phi) is 6.80. The molecule has 0 aromatic carbocycles. The number of carbonyl (C=O) groups excluding carboxylic acids is 2. The normalized spacial score (nSPS) is 15.8. The van der Waals surface area contributed by atoms with E-state index in [9.17, 15) is 14.7 Å². The van der Waals surface area contributed by atoms with Crippen molar-refractivity contribution >= 4 is 11.9 Å². The van der Waals surface area contributed by atoms with Gasteiger partial charge in [-0.2, -0.15) is 0 Å². The molecule has 0 fully saturated rings. The molecule has 0 aliphatic carbocycles. The van der Waals surface area contributed by atoms with Crippen LogP contribution in [0.15, 0.2) is 0 Å². The summed E-state index contributed by atoms with van der Waals surface area (Å²) in [7, 11) is 0. The minimum Gasteiger partial charge on any atom is -0.466 e. The van der Waals surface area contributed by atoms with E-state index in [-0.39, 0.29) is 19.6 Å². The fraction of sp³-hybridized carbons (Fsp3) is 0.833. The summed E-state index contributed by atoms with van der Waals surface area (Å²) in [5, 5.41) is 10.3. The summed E-state index contributed by atoms with van der Waals surface area (Å²) in [6, 6.07) is 0. The van der Waals surface area contributed by atoms with Gasteiger partial charge in [0.1, 0.15) is 0 Å².